The first-order valence-electron chi connectivity index (χ1n) is 10.1. The molecule has 1 heterocycles. The van der Waals surface area contributed by atoms with Gasteiger partial charge in [-0.1, -0.05) is 6.92 Å². The molecule has 0 bridgehead atoms. The predicted molar refractivity (Wildman–Crippen MR) is 109 cm³/mol. The summed E-state index contributed by atoms with van der Waals surface area (Å²) in [4.78, 5) is 29.4. The van der Waals surface area contributed by atoms with E-state index in [2.05, 4.69) is 0 Å². The van der Waals surface area contributed by atoms with Crippen LogP contribution in [0.25, 0.3) is 0 Å². The van der Waals surface area contributed by atoms with Gasteiger partial charge < -0.3 is 25.4 Å². The lowest BCUT2D eigenvalue weighted by Crippen LogP contribution is -2.55. The number of ether oxygens (including phenoxy) is 1. The monoisotopic (exact) mass is 393 g/mol. The van der Waals surface area contributed by atoms with E-state index in [-0.39, 0.29) is 41.5 Å². The minimum absolute atomic E-state index is 0.0232. The Hall–Kier alpha value is -2.18. The maximum Gasteiger partial charge on any atom is 0.410 e. The summed E-state index contributed by atoms with van der Waals surface area (Å²) in [6.45, 7) is 12.5. The number of amides is 2. The highest BCUT2D eigenvalue weighted by molar-refractivity contribution is 5.95. The summed E-state index contributed by atoms with van der Waals surface area (Å²) in [6.07, 6.45) is 3.27. The molecule has 1 aliphatic carbocycles. The first-order valence-corrected chi connectivity index (χ1v) is 10.1. The summed E-state index contributed by atoms with van der Waals surface area (Å²) in [7, 11) is 0. The van der Waals surface area contributed by atoms with Crippen LogP contribution in [-0.2, 0) is 9.53 Å². The number of piperidine rings is 1. The van der Waals surface area contributed by atoms with E-state index in [0.29, 0.717) is 25.1 Å². The van der Waals surface area contributed by atoms with E-state index in [4.69, 9.17) is 10.5 Å². The SMILES string of the molecule is CC1CC(O)=C(N)C=C1C(=O)N(C(C)C)C1CCCN(C(=O)OC(C)(C)C)C1. The Morgan fingerprint density at radius 1 is 1.36 bits per heavy atom. The van der Waals surface area contributed by atoms with E-state index >= 15 is 0 Å². The molecule has 2 amide bonds. The lowest BCUT2D eigenvalue weighted by molar-refractivity contribution is -0.133. The summed E-state index contributed by atoms with van der Waals surface area (Å²) in [5, 5.41) is 9.86. The third-order valence-electron chi connectivity index (χ3n) is 5.15. The van der Waals surface area contributed by atoms with Gasteiger partial charge in [-0.15, -0.1) is 0 Å². The first-order chi connectivity index (χ1) is 12.9. The molecule has 2 unspecified atom stereocenters. The van der Waals surface area contributed by atoms with Crippen molar-refractivity contribution in [2.45, 2.75) is 78.5 Å². The van der Waals surface area contributed by atoms with E-state index in [1.165, 1.54) is 0 Å². The molecular weight excluding hydrogens is 358 g/mol. The molecule has 7 heteroatoms. The molecule has 158 valence electrons. The lowest BCUT2D eigenvalue weighted by Gasteiger charge is -2.42. The normalized spacial score (nSPS) is 23.5. The second-order valence-electron chi connectivity index (χ2n) is 9.14. The van der Waals surface area contributed by atoms with Gasteiger partial charge in [-0.25, -0.2) is 4.79 Å². The second-order valence-corrected chi connectivity index (χ2v) is 9.14. The molecular formula is C21H35N3O4. The Kier molecular flexibility index (Phi) is 6.67. The summed E-state index contributed by atoms with van der Waals surface area (Å²) in [5.41, 5.74) is 6.17. The minimum Gasteiger partial charge on any atom is -0.510 e. The highest BCUT2D eigenvalue weighted by Crippen LogP contribution is 2.30. The van der Waals surface area contributed by atoms with E-state index < -0.39 is 5.60 Å². The number of aliphatic hydroxyl groups is 1. The van der Waals surface area contributed by atoms with E-state index in [9.17, 15) is 14.7 Å². The van der Waals surface area contributed by atoms with Crippen LogP contribution in [0.4, 0.5) is 4.79 Å². The van der Waals surface area contributed by atoms with Crippen molar-refractivity contribution in [3.05, 3.63) is 23.1 Å². The summed E-state index contributed by atoms with van der Waals surface area (Å²) in [6, 6.07) is -0.104. The number of rotatable bonds is 3. The Morgan fingerprint density at radius 3 is 2.57 bits per heavy atom. The number of carbonyl (C=O) groups excluding carboxylic acids is 2. The highest BCUT2D eigenvalue weighted by atomic mass is 16.6. The number of hydrogen-bond donors (Lipinski definition) is 2. The van der Waals surface area contributed by atoms with Crippen LogP contribution in [0.3, 0.4) is 0 Å². The molecule has 0 saturated carbocycles. The second kappa shape index (κ2) is 8.45. The zero-order valence-corrected chi connectivity index (χ0v) is 18.0. The molecule has 3 N–H and O–H groups in total. The van der Waals surface area contributed by atoms with E-state index in [1.54, 1.807) is 11.0 Å². The third kappa shape index (κ3) is 5.20. The zero-order chi connectivity index (χ0) is 21.2. The first kappa shape index (κ1) is 22.1. The zero-order valence-electron chi connectivity index (χ0n) is 18.0. The van der Waals surface area contributed by atoms with Crippen molar-refractivity contribution in [1.82, 2.24) is 9.80 Å². The Labute approximate surface area is 168 Å². The van der Waals surface area contributed by atoms with Crippen molar-refractivity contribution in [3.8, 4) is 0 Å². The largest absolute Gasteiger partial charge is 0.510 e. The van der Waals surface area contributed by atoms with Gasteiger partial charge in [-0.05, 0) is 59.5 Å². The molecule has 0 aromatic rings. The maximum atomic E-state index is 13.4. The molecule has 2 aliphatic rings. The molecule has 0 aromatic heterocycles. The Balaban J connectivity index is 2.20. The summed E-state index contributed by atoms with van der Waals surface area (Å²) >= 11 is 0. The van der Waals surface area contributed by atoms with Crippen LogP contribution in [-0.4, -0.2) is 57.7 Å². The minimum atomic E-state index is -0.550. The average Bonchev–Trinajstić information content (AvgIpc) is 2.56. The third-order valence-corrected chi connectivity index (χ3v) is 5.15. The van der Waals surface area contributed by atoms with Crippen LogP contribution in [0.15, 0.2) is 23.1 Å². The van der Waals surface area contributed by atoms with Crippen molar-refractivity contribution in [3.63, 3.8) is 0 Å². The maximum absolute atomic E-state index is 13.4. The van der Waals surface area contributed by atoms with Crippen LogP contribution in [0, 0.1) is 5.92 Å². The van der Waals surface area contributed by atoms with Gasteiger partial charge in [0.15, 0.2) is 0 Å². The fourth-order valence-electron chi connectivity index (χ4n) is 3.83. The number of carbonyl (C=O) groups is 2. The molecule has 1 aliphatic heterocycles. The van der Waals surface area contributed by atoms with Crippen LogP contribution >= 0.6 is 0 Å². The molecule has 1 fully saturated rings. The molecule has 1 saturated heterocycles. The smallest absolute Gasteiger partial charge is 0.410 e. The van der Waals surface area contributed by atoms with Gasteiger partial charge in [-0.2, -0.15) is 0 Å². The van der Waals surface area contributed by atoms with Crippen molar-refractivity contribution in [2.75, 3.05) is 13.1 Å². The van der Waals surface area contributed by atoms with Crippen molar-refractivity contribution in [2.24, 2.45) is 11.7 Å². The van der Waals surface area contributed by atoms with Gasteiger partial charge in [0.25, 0.3) is 5.91 Å². The standard InChI is InChI=1S/C21H35N3O4/c1-13(2)24(19(26)16-11-17(22)18(25)10-14(16)3)15-8-7-9-23(12-15)20(27)28-21(4,5)6/h11,13-15,25H,7-10,12,22H2,1-6H3. The number of likely N-dealkylation sites (tertiary alicyclic amines) is 1. The Morgan fingerprint density at radius 2 is 2.00 bits per heavy atom. The van der Waals surface area contributed by atoms with Crippen LogP contribution in [0.2, 0.25) is 0 Å². The fourth-order valence-corrected chi connectivity index (χ4v) is 3.83. The summed E-state index contributed by atoms with van der Waals surface area (Å²) < 4.78 is 5.51. The van der Waals surface area contributed by atoms with Gasteiger partial charge in [0, 0.05) is 31.1 Å². The number of hydrogen-bond acceptors (Lipinski definition) is 5. The molecule has 28 heavy (non-hydrogen) atoms. The van der Waals surface area contributed by atoms with Gasteiger partial charge in [0.05, 0.1) is 11.7 Å². The molecule has 2 atom stereocenters. The van der Waals surface area contributed by atoms with Crippen LogP contribution in [0.5, 0.6) is 0 Å². The van der Waals surface area contributed by atoms with Crippen molar-refractivity contribution >= 4 is 12.0 Å². The average molecular weight is 394 g/mol. The van der Waals surface area contributed by atoms with Gasteiger partial charge >= 0.3 is 6.09 Å². The Bertz CT molecular complexity index is 676. The predicted octanol–water partition coefficient (Wildman–Crippen LogP) is 3.32. The van der Waals surface area contributed by atoms with Crippen LogP contribution in [0.1, 0.15) is 60.8 Å². The van der Waals surface area contributed by atoms with E-state index in [1.807, 2.05) is 46.4 Å². The summed E-state index contributed by atoms with van der Waals surface area (Å²) in [5.74, 6) is -0.0468. The molecule has 0 spiro atoms. The quantitative estimate of drug-likeness (QED) is 0.767. The molecule has 0 radical (unpaired) electrons. The molecule has 0 aromatic carbocycles. The van der Waals surface area contributed by atoms with E-state index in [0.717, 1.165) is 12.8 Å². The lowest BCUT2D eigenvalue weighted by atomic mass is 9.89. The fraction of sp³-hybridized carbons (Fsp3) is 0.714. The van der Waals surface area contributed by atoms with Crippen molar-refractivity contribution in [1.29, 1.82) is 0 Å². The number of nitrogens with two attached hydrogens (primary N) is 1. The molecule has 7 nitrogen and oxygen atoms in total. The van der Waals surface area contributed by atoms with Gasteiger partial charge in [0.2, 0.25) is 0 Å². The number of allylic oxidation sites excluding steroid dienone is 2. The topological polar surface area (TPSA) is 96.1 Å². The van der Waals surface area contributed by atoms with Gasteiger partial charge in [0.1, 0.15) is 11.4 Å². The van der Waals surface area contributed by atoms with Crippen LogP contribution < -0.4 is 5.73 Å². The van der Waals surface area contributed by atoms with Crippen molar-refractivity contribution < 1.29 is 19.4 Å². The highest BCUT2D eigenvalue weighted by Gasteiger charge is 2.36. The number of nitrogens with zero attached hydrogens (tertiary/aromatic N) is 2. The number of aliphatic hydroxyl groups excluding tert-OH is 1. The molecule has 2 rings (SSSR count). The van der Waals surface area contributed by atoms with Gasteiger partial charge in [-0.3, -0.25) is 4.79 Å².